The minimum Gasteiger partial charge on any atom is -0.356 e. The van der Waals surface area contributed by atoms with Crippen LogP contribution in [0, 0.1) is 0 Å². The lowest BCUT2D eigenvalue weighted by molar-refractivity contribution is 0.837. The predicted molar refractivity (Wildman–Crippen MR) is 87.9 cm³/mol. The first kappa shape index (κ1) is 13.1. The van der Waals surface area contributed by atoms with Gasteiger partial charge in [0.25, 0.3) is 5.56 Å². The Hall–Kier alpha value is -1.94. The number of rotatable bonds is 2. The minimum absolute atomic E-state index is 0.0695. The molecule has 1 aromatic carbocycles. The number of aromatic nitrogens is 2. The molecule has 0 radical (unpaired) electrons. The summed E-state index contributed by atoms with van der Waals surface area (Å²) in [7, 11) is 0. The molecule has 0 aliphatic carbocycles. The standard InChI is InChI=1S/C16H16N2OS/c1-8(2)13-7-14-15(17-13)11-5-4-10(9(3)20)6-12(11)16(19)18-14/h4-8,17H,1-3H3,(H,18,19). The molecule has 3 nitrogen and oxygen atoms in total. The first-order chi connectivity index (χ1) is 9.47. The van der Waals surface area contributed by atoms with Crippen molar-refractivity contribution in [1.82, 2.24) is 9.97 Å². The number of nitrogens with one attached hydrogen (secondary N) is 2. The Morgan fingerprint density at radius 3 is 2.55 bits per heavy atom. The van der Waals surface area contributed by atoms with Crippen LogP contribution in [0.3, 0.4) is 0 Å². The average molecular weight is 284 g/mol. The van der Waals surface area contributed by atoms with E-state index in [1.165, 1.54) is 0 Å². The van der Waals surface area contributed by atoms with Gasteiger partial charge in [-0.15, -0.1) is 0 Å². The summed E-state index contributed by atoms with van der Waals surface area (Å²) in [6.45, 7) is 6.12. The Morgan fingerprint density at radius 2 is 1.90 bits per heavy atom. The van der Waals surface area contributed by atoms with Crippen molar-refractivity contribution in [3.05, 3.63) is 45.9 Å². The summed E-state index contributed by atoms with van der Waals surface area (Å²) in [4.78, 5) is 19.4. The van der Waals surface area contributed by atoms with Crippen LogP contribution >= 0.6 is 12.2 Å². The topological polar surface area (TPSA) is 48.6 Å². The zero-order chi connectivity index (χ0) is 14.4. The van der Waals surface area contributed by atoms with Crippen LogP contribution in [0.4, 0.5) is 0 Å². The van der Waals surface area contributed by atoms with Crippen molar-refractivity contribution in [2.45, 2.75) is 26.7 Å². The van der Waals surface area contributed by atoms with Crippen LogP contribution in [0.2, 0.25) is 0 Å². The average Bonchev–Trinajstić information content (AvgIpc) is 2.82. The number of fused-ring (bicyclic) bond motifs is 3. The lowest BCUT2D eigenvalue weighted by atomic mass is 10.1. The number of H-pyrrole nitrogens is 2. The van der Waals surface area contributed by atoms with Crippen molar-refractivity contribution in [2.24, 2.45) is 0 Å². The highest BCUT2D eigenvalue weighted by Crippen LogP contribution is 2.25. The zero-order valence-corrected chi connectivity index (χ0v) is 12.5. The Bertz CT molecular complexity index is 887. The largest absolute Gasteiger partial charge is 0.356 e. The van der Waals surface area contributed by atoms with E-state index in [-0.39, 0.29) is 5.56 Å². The highest BCUT2D eigenvalue weighted by Gasteiger charge is 2.11. The maximum Gasteiger partial charge on any atom is 0.256 e. The quantitative estimate of drug-likeness (QED) is 0.554. The number of hydrogen-bond donors (Lipinski definition) is 2. The molecule has 0 spiro atoms. The van der Waals surface area contributed by atoms with E-state index in [9.17, 15) is 4.79 Å². The lowest BCUT2D eigenvalue weighted by Gasteiger charge is -2.03. The number of pyridine rings is 1. The molecule has 2 N–H and O–H groups in total. The summed E-state index contributed by atoms with van der Waals surface area (Å²) in [6, 6.07) is 7.82. The lowest BCUT2D eigenvalue weighted by Crippen LogP contribution is -2.06. The Labute approximate surface area is 122 Å². The van der Waals surface area contributed by atoms with Gasteiger partial charge in [-0.3, -0.25) is 4.79 Å². The molecular formula is C16H16N2OS. The Balaban J connectivity index is 2.41. The van der Waals surface area contributed by atoms with Crippen molar-refractivity contribution in [3.8, 4) is 0 Å². The van der Waals surface area contributed by atoms with Gasteiger partial charge in [0, 0.05) is 21.3 Å². The molecule has 2 aromatic heterocycles. The van der Waals surface area contributed by atoms with Crippen LogP contribution in [-0.2, 0) is 0 Å². The fourth-order valence-corrected chi connectivity index (χ4v) is 2.58. The van der Waals surface area contributed by atoms with E-state index in [0.717, 1.165) is 32.5 Å². The first-order valence-corrected chi connectivity index (χ1v) is 7.08. The van der Waals surface area contributed by atoms with Crippen molar-refractivity contribution < 1.29 is 0 Å². The highest BCUT2D eigenvalue weighted by atomic mass is 32.1. The fourth-order valence-electron chi connectivity index (χ4n) is 2.46. The van der Waals surface area contributed by atoms with Gasteiger partial charge in [-0.25, -0.2) is 0 Å². The zero-order valence-electron chi connectivity index (χ0n) is 11.7. The fraction of sp³-hybridized carbons (Fsp3) is 0.250. The van der Waals surface area contributed by atoms with Crippen molar-refractivity contribution >= 4 is 38.9 Å². The van der Waals surface area contributed by atoms with Gasteiger partial charge in [0.2, 0.25) is 0 Å². The van der Waals surface area contributed by atoms with Crippen LogP contribution in [0.1, 0.15) is 37.9 Å². The van der Waals surface area contributed by atoms with Crippen LogP contribution in [0.25, 0.3) is 21.8 Å². The second-order valence-corrected chi connectivity index (χ2v) is 6.05. The molecule has 4 heteroatoms. The van der Waals surface area contributed by atoms with Gasteiger partial charge in [0.05, 0.1) is 11.0 Å². The van der Waals surface area contributed by atoms with E-state index >= 15 is 0 Å². The molecule has 0 atom stereocenters. The molecular weight excluding hydrogens is 268 g/mol. The molecule has 3 rings (SSSR count). The summed E-state index contributed by atoms with van der Waals surface area (Å²) in [5, 5.41) is 1.62. The number of hydrogen-bond acceptors (Lipinski definition) is 2. The summed E-state index contributed by atoms with van der Waals surface area (Å²) in [6.07, 6.45) is 0. The second kappa shape index (κ2) is 4.56. The van der Waals surface area contributed by atoms with Crippen LogP contribution in [-0.4, -0.2) is 14.8 Å². The number of aromatic amines is 2. The molecule has 0 aliphatic heterocycles. The Morgan fingerprint density at radius 1 is 1.15 bits per heavy atom. The molecule has 0 amide bonds. The van der Waals surface area contributed by atoms with E-state index < -0.39 is 0 Å². The Kier molecular flexibility index (Phi) is 2.98. The van der Waals surface area contributed by atoms with Crippen LogP contribution < -0.4 is 5.56 Å². The summed E-state index contributed by atoms with van der Waals surface area (Å²) in [5.41, 5.74) is 3.82. The van der Waals surface area contributed by atoms with E-state index in [4.69, 9.17) is 12.2 Å². The number of benzene rings is 1. The summed E-state index contributed by atoms with van der Waals surface area (Å²) < 4.78 is 0. The predicted octanol–water partition coefficient (Wildman–Crippen LogP) is 3.87. The molecule has 20 heavy (non-hydrogen) atoms. The molecule has 0 unspecified atom stereocenters. The molecule has 0 saturated carbocycles. The number of thiocarbonyl (C=S) groups is 1. The molecule has 102 valence electrons. The van der Waals surface area contributed by atoms with Crippen molar-refractivity contribution in [1.29, 1.82) is 0 Å². The summed E-state index contributed by atoms with van der Waals surface area (Å²) >= 11 is 5.18. The van der Waals surface area contributed by atoms with Gasteiger partial charge in [0.15, 0.2) is 0 Å². The van der Waals surface area contributed by atoms with Gasteiger partial charge in [0.1, 0.15) is 0 Å². The van der Waals surface area contributed by atoms with Gasteiger partial charge in [-0.05, 0) is 30.5 Å². The third-order valence-corrected chi connectivity index (χ3v) is 3.88. The van der Waals surface area contributed by atoms with Crippen LogP contribution in [0.15, 0.2) is 29.1 Å². The van der Waals surface area contributed by atoms with E-state index in [0.29, 0.717) is 11.3 Å². The molecule has 0 fully saturated rings. The molecule has 0 aliphatic rings. The van der Waals surface area contributed by atoms with Gasteiger partial charge in [-0.1, -0.05) is 38.2 Å². The maximum atomic E-state index is 12.2. The smallest absolute Gasteiger partial charge is 0.256 e. The molecule has 2 heterocycles. The van der Waals surface area contributed by atoms with Crippen molar-refractivity contribution in [3.63, 3.8) is 0 Å². The van der Waals surface area contributed by atoms with Gasteiger partial charge >= 0.3 is 0 Å². The maximum absolute atomic E-state index is 12.2. The first-order valence-electron chi connectivity index (χ1n) is 6.67. The second-order valence-electron chi connectivity index (χ2n) is 5.44. The molecule has 0 saturated heterocycles. The SMILES string of the molecule is CC(=S)c1ccc2c(c1)c(=O)[nH]c1cc(C(C)C)[nH]c12. The summed E-state index contributed by atoms with van der Waals surface area (Å²) in [5.74, 6) is 0.392. The van der Waals surface area contributed by atoms with Gasteiger partial charge < -0.3 is 9.97 Å². The van der Waals surface area contributed by atoms with E-state index in [1.807, 2.05) is 31.2 Å². The third kappa shape index (κ3) is 1.96. The van der Waals surface area contributed by atoms with E-state index in [2.05, 4.69) is 23.8 Å². The van der Waals surface area contributed by atoms with E-state index in [1.54, 1.807) is 0 Å². The minimum atomic E-state index is -0.0695. The van der Waals surface area contributed by atoms with Gasteiger partial charge in [-0.2, -0.15) is 0 Å². The monoisotopic (exact) mass is 284 g/mol. The molecule has 0 bridgehead atoms. The van der Waals surface area contributed by atoms with Crippen molar-refractivity contribution in [2.75, 3.05) is 0 Å². The van der Waals surface area contributed by atoms with Crippen LogP contribution in [0.5, 0.6) is 0 Å². The third-order valence-electron chi connectivity index (χ3n) is 3.65. The normalized spacial score (nSPS) is 11.6. The molecule has 3 aromatic rings. The highest BCUT2D eigenvalue weighted by molar-refractivity contribution is 7.80.